The number of benzene rings is 1. The minimum atomic E-state index is 0.211. The topological polar surface area (TPSA) is 35.6 Å². The predicted octanol–water partition coefficient (Wildman–Crippen LogP) is 3.34. The summed E-state index contributed by atoms with van der Waals surface area (Å²) in [5.74, 6) is 0.211. The van der Waals surface area contributed by atoms with Crippen LogP contribution in [0.5, 0.6) is 0 Å². The van der Waals surface area contributed by atoms with Gasteiger partial charge in [0.2, 0.25) is 5.91 Å². The van der Waals surface area contributed by atoms with Gasteiger partial charge in [-0.05, 0) is 38.8 Å². The molecular weight excluding hydrogens is 310 g/mol. The molecule has 3 rings (SSSR count). The Morgan fingerprint density at radius 1 is 1.08 bits per heavy atom. The summed E-state index contributed by atoms with van der Waals surface area (Å²) in [5.41, 5.74) is 2.59. The van der Waals surface area contributed by atoms with Crippen LogP contribution in [-0.4, -0.2) is 49.1 Å². The van der Waals surface area contributed by atoms with E-state index in [1.807, 2.05) is 0 Å². The van der Waals surface area contributed by atoms with E-state index in [9.17, 15) is 4.79 Å². The molecule has 1 aliphatic carbocycles. The van der Waals surface area contributed by atoms with Crippen molar-refractivity contribution in [3.8, 4) is 0 Å². The number of nitrogens with one attached hydrogen (secondary N) is 1. The fourth-order valence-electron chi connectivity index (χ4n) is 4.20. The molecule has 25 heavy (non-hydrogen) atoms. The van der Waals surface area contributed by atoms with Crippen molar-refractivity contribution in [2.45, 2.75) is 64.5 Å². The molecule has 4 heteroatoms. The Balaban J connectivity index is 1.47. The number of amides is 1. The number of carbonyl (C=O) groups is 1. The molecule has 1 amide bonds. The van der Waals surface area contributed by atoms with Gasteiger partial charge in [0.25, 0.3) is 0 Å². The molecule has 1 aromatic rings. The van der Waals surface area contributed by atoms with Crippen LogP contribution in [0.4, 0.5) is 5.69 Å². The van der Waals surface area contributed by atoms with Crippen LogP contribution in [0.2, 0.25) is 0 Å². The Bertz CT molecular complexity index is 549. The monoisotopic (exact) mass is 343 g/mol. The van der Waals surface area contributed by atoms with E-state index in [2.05, 4.69) is 53.2 Å². The van der Waals surface area contributed by atoms with Gasteiger partial charge < -0.3 is 10.2 Å². The first kappa shape index (κ1) is 18.2. The molecule has 1 N–H and O–H groups in total. The van der Waals surface area contributed by atoms with Gasteiger partial charge in [-0.25, -0.2) is 0 Å². The highest BCUT2D eigenvalue weighted by molar-refractivity contribution is 5.78. The average molecular weight is 344 g/mol. The van der Waals surface area contributed by atoms with Gasteiger partial charge in [0, 0.05) is 37.4 Å². The molecule has 1 saturated heterocycles. The van der Waals surface area contributed by atoms with Gasteiger partial charge in [-0.3, -0.25) is 9.69 Å². The van der Waals surface area contributed by atoms with Crippen LogP contribution < -0.4 is 10.2 Å². The lowest BCUT2D eigenvalue weighted by Gasteiger charge is -2.41. The second-order valence-electron chi connectivity index (χ2n) is 7.87. The first-order chi connectivity index (χ1) is 12.1. The van der Waals surface area contributed by atoms with Crippen molar-refractivity contribution in [2.75, 3.05) is 31.1 Å². The van der Waals surface area contributed by atoms with Crippen LogP contribution in [0, 0.1) is 6.92 Å². The molecule has 4 nitrogen and oxygen atoms in total. The Kier molecular flexibility index (Phi) is 6.35. The Morgan fingerprint density at radius 3 is 2.40 bits per heavy atom. The Hall–Kier alpha value is -1.55. The molecule has 0 unspecified atom stereocenters. The first-order valence-electron chi connectivity index (χ1n) is 9.97. The van der Waals surface area contributed by atoms with Gasteiger partial charge in [0.1, 0.15) is 0 Å². The summed E-state index contributed by atoms with van der Waals surface area (Å²) in [6, 6.07) is 9.60. The standard InChI is InChI=1S/C21H33N3O/c1-17-9-11-20(12-10-17)24-14-13-23(15-18(24)2)16-21(25)22-19-7-5-3-4-6-8-19/h9-12,18-19H,3-8,13-16H2,1-2H3,(H,22,25)/t18-/m0/s1. The van der Waals surface area contributed by atoms with E-state index in [4.69, 9.17) is 0 Å². The molecule has 0 aromatic heterocycles. The maximum Gasteiger partial charge on any atom is 0.234 e. The van der Waals surface area contributed by atoms with Gasteiger partial charge in [0.15, 0.2) is 0 Å². The van der Waals surface area contributed by atoms with Crippen LogP contribution in [0.1, 0.15) is 51.0 Å². The fourth-order valence-corrected chi connectivity index (χ4v) is 4.20. The molecule has 1 atom stereocenters. The number of hydrogen-bond acceptors (Lipinski definition) is 3. The number of piperazine rings is 1. The van der Waals surface area contributed by atoms with Crippen molar-refractivity contribution in [3.05, 3.63) is 29.8 Å². The highest BCUT2D eigenvalue weighted by Gasteiger charge is 2.25. The maximum absolute atomic E-state index is 12.4. The van der Waals surface area contributed by atoms with Crippen molar-refractivity contribution in [3.63, 3.8) is 0 Å². The van der Waals surface area contributed by atoms with E-state index in [0.717, 1.165) is 32.5 Å². The van der Waals surface area contributed by atoms with Crippen molar-refractivity contribution < 1.29 is 4.79 Å². The third-order valence-electron chi connectivity index (χ3n) is 5.66. The molecule has 1 saturated carbocycles. The van der Waals surface area contributed by atoms with Crippen LogP contribution in [-0.2, 0) is 4.79 Å². The predicted molar refractivity (Wildman–Crippen MR) is 104 cm³/mol. The van der Waals surface area contributed by atoms with Crippen LogP contribution in [0.25, 0.3) is 0 Å². The van der Waals surface area contributed by atoms with Gasteiger partial charge in [-0.2, -0.15) is 0 Å². The van der Waals surface area contributed by atoms with Crippen molar-refractivity contribution in [2.24, 2.45) is 0 Å². The maximum atomic E-state index is 12.4. The average Bonchev–Trinajstić information content (AvgIpc) is 2.85. The molecule has 0 bridgehead atoms. The summed E-state index contributed by atoms with van der Waals surface area (Å²) < 4.78 is 0. The van der Waals surface area contributed by atoms with Gasteiger partial charge in [-0.15, -0.1) is 0 Å². The number of carbonyl (C=O) groups excluding carboxylic acids is 1. The molecule has 0 spiro atoms. The summed E-state index contributed by atoms with van der Waals surface area (Å²) in [7, 11) is 0. The van der Waals surface area contributed by atoms with E-state index in [-0.39, 0.29) is 5.91 Å². The minimum absolute atomic E-state index is 0.211. The number of hydrogen-bond donors (Lipinski definition) is 1. The molecule has 138 valence electrons. The van der Waals surface area contributed by atoms with E-state index in [0.29, 0.717) is 18.6 Å². The zero-order valence-corrected chi connectivity index (χ0v) is 15.8. The van der Waals surface area contributed by atoms with E-state index in [1.165, 1.54) is 36.9 Å². The summed E-state index contributed by atoms with van der Waals surface area (Å²) in [6.07, 6.45) is 7.48. The van der Waals surface area contributed by atoms with Crippen molar-refractivity contribution in [1.29, 1.82) is 0 Å². The number of aryl methyl sites for hydroxylation is 1. The van der Waals surface area contributed by atoms with E-state index in [1.54, 1.807) is 0 Å². The largest absolute Gasteiger partial charge is 0.366 e. The Labute approximate surface area is 152 Å². The molecule has 1 aliphatic heterocycles. The lowest BCUT2D eigenvalue weighted by atomic mass is 10.1. The molecule has 0 radical (unpaired) electrons. The lowest BCUT2D eigenvalue weighted by molar-refractivity contribution is -0.123. The summed E-state index contributed by atoms with van der Waals surface area (Å²) >= 11 is 0. The molecule has 1 aromatic carbocycles. The molecule has 2 fully saturated rings. The third-order valence-corrected chi connectivity index (χ3v) is 5.66. The normalized spacial score (nSPS) is 23.3. The molecular formula is C21H33N3O. The quantitative estimate of drug-likeness (QED) is 0.852. The van der Waals surface area contributed by atoms with E-state index < -0.39 is 0 Å². The SMILES string of the molecule is Cc1ccc(N2CCN(CC(=O)NC3CCCCCC3)C[C@@H]2C)cc1. The van der Waals surface area contributed by atoms with Gasteiger partial charge >= 0.3 is 0 Å². The van der Waals surface area contributed by atoms with Crippen LogP contribution >= 0.6 is 0 Å². The summed E-state index contributed by atoms with van der Waals surface area (Å²) in [6.45, 7) is 7.82. The zero-order chi connectivity index (χ0) is 17.6. The minimum Gasteiger partial charge on any atom is -0.366 e. The number of nitrogens with zero attached hydrogens (tertiary/aromatic N) is 2. The van der Waals surface area contributed by atoms with E-state index >= 15 is 0 Å². The summed E-state index contributed by atoms with van der Waals surface area (Å²) in [5, 5.41) is 3.28. The van der Waals surface area contributed by atoms with Gasteiger partial charge in [-0.1, -0.05) is 43.4 Å². The zero-order valence-electron chi connectivity index (χ0n) is 15.8. The highest BCUT2D eigenvalue weighted by atomic mass is 16.2. The first-order valence-corrected chi connectivity index (χ1v) is 9.97. The highest BCUT2D eigenvalue weighted by Crippen LogP contribution is 2.21. The third kappa shape index (κ3) is 5.21. The van der Waals surface area contributed by atoms with Crippen LogP contribution in [0.3, 0.4) is 0 Å². The lowest BCUT2D eigenvalue weighted by Crippen LogP contribution is -2.54. The number of anilines is 1. The second-order valence-corrected chi connectivity index (χ2v) is 7.87. The summed E-state index contributed by atoms with van der Waals surface area (Å²) in [4.78, 5) is 17.2. The fraction of sp³-hybridized carbons (Fsp3) is 0.667. The molecule has 2 aliphatic rings. The van der Waals surface area contributed by atoms with Gasteiger partial charge in [0.05, 0.1) is 6.54 Å². The van der Waals surface area contributed by atoms with Crippen molar-refractivity contribution in [1.82, 2.24) is 10.2 Å². The van der Waals surface area contributed by atoms with Crippen LogP contribution in [0.15, 0.2) is 24.3 Å². The second kappa shape index (κ2) is 8.70. The smallest absolute Gasteiger partial charge is 0.234 e. The Morgan fingerprint density at radius 2 is 1.76 bits per heavy atom. The molecule has 1 heterocycles. The van der Waals surface area contributed by atoms with Crippen molar-refractivity contribution >= 4 is 11.6 Å². The number of rotatable bonds is 4.